The molecule has 1 fully saturated rings. The fourth-order valence-electron chi connectivity index (χ4n) is 1.79. The van der Waals surface area contributed by atoms with E-state index in [9.17, 15) is 14.4 Å². The van der Waals surface area contributed by atoms with Gasteiger partial charge in [-0.15, -0.1) is 0 Å². The molecular weight excluding hydrogens is 421 g/mol. The summed E-state index contributed by atoms with van der Waals surface area (Å²) in [6.45, 7) is 1.68. The van der Waals surface area contributed by atoms with E-state index in [1.807, 2.05) is 22.6 Å². The van der Waals surface area contributed by atoms with Crippen molar-refractivity contribution >= 4 is 57.5 Å². The van der Waals surface area contributed by atoms with Gasteiger partial charge in [-0.05, 0) is 65.0 Å². The number of amides is 2. The van der Waals surface area contributed by atoms with Gasteiger partial charge in [0, 0.05) is 6.54 Å². The maximum atomic E-state index is 12.0. The Kier molecular flexibility index (Phi) is 5.46. The number of carbonyl (C=O) groups is 3. The van der Waals surface area contributed by atoms with E-state index in [1.165, 1.54) is 4.90 Å². The minimum absolute atomic E-state index is 0.269. The zero-order chi connectivity index (χ0) is 16.3. The summed E-state index contributed by atoms with van der Waals surface area (Å²) in [5.41, 5.74) is 0.744. The topological polar surface area (TPSA) is 83.9 Å². The van der Waals surface area contributed by atoms with Gasteiger partial charge in [-0.25, -0.2) is 4.79 Å². The van der Waals surface area contributed by atoms with Gasteiger partial charge in [0.25, 0.3) is 11.1 Å². The van der Waals surface area contributed by atoms with E-state index in [0.29, 0.717) is 17.2 Å². The van der Waals surface area contributed by atoms with Crippen molar-refractivity contribution in [2.75, 3.05) is 13.2 Å². The van der Waals surface area contributed by atoms with E-state index in [4.69, 9.17) is 9.84 Å². The third-order valence-electron chi connectivity index (χ3n) is 2.79. The number of likely N-dealkylation sites (N-methyl/N-ethyl adjacent to an activating group) is 1. The number of nitrogens with zero attached hydrogens (tertiary/aromatic N) is 1. The van der Waals surface area contributed by atoms with Crippen molar-refractivity contribution in [1.82, 2.24) is 4.90 Å². The number of benzene rings is 1. The minimum Gasteiger partial charge on any atom is -0.481 e. The van der Waals surface area contributed by atoms with Crippen LogP contribution in [0.2, 0.25) is 0 Å². The zero-order valence-electron chi connectivity index (χ0n) is 11.5. The van der Waals surface area contributed by atoms with E-state index in [1.54, 1.807) is 31.2 Å². The highest BCUT2D eigenvalue weighted by molar-refractivity contribution is 14.1. The fraction of sp³-hybridized carbons (Fsp3) is 0.214. The molecule has 22 heavy (non-hydrogen) atoms. The second-order valence-corrected chi connectivity index (χ2v) is 6.45. The van der Waals surface area contributed by atoms with E-state index < -0.39 is 12.6 Å². The lowest BCUT2D eigenvalue weighted by atomic mass is 10.2. The van der Waals surface area contributed by atoms with Crippen LogP contribution in [-0.2, 0) is 9.59 Å². The summed E-state index contributed by atoms with van der Waals surface area (Å²) in [6, 6.07) is 5.11. The monoisotopic (exact) mass is 433 g/mol. The van der Waals surface area contributed by atoms with Crippen molar-refractivity contribution in [3.8, 4) is 5.75 Å². The van der Waals surface area contributed by atoms with Crippen LogP contribution in [-0.4, -0.2) is 40.3 Å². The third-order valence-corrected chi connectivity index (χ3v) is 4.55. The summed E-state index contributed by atoms with van der Waals surface area (Å²) >= 11 is 2.94. The molecule has 1 saturated heterocycles. The molecule has 0 aromatic heterocycles. The van der Waals surface area contributed by atoms with Gasteiger partial charge in [0.2, 0.25) is 0 Å². The molecular formula is C14H12INO5S. The molecule has 1 heterocycles. The summed E-state index contributed by atoms with van der Waals surface area (Å²) < 4.78 is 5.86. The van der Waals surface area contributed by atoms with Crippen molar-refractivity contribution in [2.45, 2.75) is 6.92 Å². The molecule has 116 valence electrons. The van der Waals surface area contributed by atoms with E-state index in [2.05, 4.69) is 0 Å². The standard InChI is InChI=1S/C14H12INO5S/c1-2-16-13(19)11(22-14(16)20)6-8-3-4-10(9(15)5-8)21-7-12(17)18/h3-6H,2,7H2,1H3,(H,17,18)/b11-6+. The lowest BCUT2D eigenvalue weighted by molar-refractivity contribution is -0.139. The fourth-order valence-corrected chi connectivity index (χ4v) is 3.39. The van der Waals surface area contributed by atoms with Gasteiger partial charge >= 0.3 is 5.97 Å². The number of halogens is 1. The molecule has 0 saturated carbocycles. The van der Waals surface area contributed by atoms with Crippen molar-refractivity contribution < 1.29 is 24.2 Å². The first-order valence-corrected chi connectivity index (χ1v) is 8.21. The lowest BCUT2D eigenvalue weighted by Gasteiger charge is -2.07. The molecule has 2 rings (SSSR count). The van der Waals surface area contributed by atoms with Gasteiger partial charge in [0.15, 0.2) is 6.61 Å². The highest BCUT2D eigenvalue weighted by Gasteiger charge is 2.33. The predicted octanol–water partition coefficient (Wildman–Crippen LogP) is 2.81. The van der Waals surface area contributed by atoms with Crippen LogP contribution in [0.5, 0.6) is 5.75 Å². The van der Waals surface area contributed by atoms with Gasteiger partial charge in [0.1, 0.15) is 5.75 Å². The summed E-state index contributed by atoms with van der Waals surface area (Å²) in [4.78, 5) is 35.7. The van der Waals surface area contributed by atoms with Crippen LogP contribution in [0.25, 0.3) is 6.08 Å². The molecule has 0 unspecified atom stereocenters. The third kappa shape index (κ3) is 3.80. The quantitative estimate of drug-likeness (QED) is 0.568. The zero-order valence-corrected chi connectivity index (χ0v) is 14.5. The van der Waals surface area contributed by atoms with Crippen molar-refractivity contribution in [3.05, 3.63) is 32.2 Å². The average molecular weight is 433 g/mol. The number of carboxylic acids is 1. The Hall–Kier alpha value is -1.55. The van der Waals surface area contributed by atoms with E-state index in [0.717, 1.165) is 20.9 Å². The number of carbonyl (C=O) groups excluding carboxylic acids is 2. The van der Waals surface area contributed by atoms with Crippen LogP contribution in [0, 0.1) is 3.57 Å². The Labute approximate surface area is 144 Å². The average Bonchev–Trinajstić information content (AvgIpc) is 2.72. The Bertz CT molecular complexity index is 673. The molecule has 0 bridgehead atoms. The minimum atomic E-state index is -1.05. The maximum absolute atomic E-state index is 12.0. The molecule has 1 aromatic carbocycles. The largest absolute Gasteiger partial charge is 0.481 e. The molecule has 1 aliphatic rings. The molecule has 1 aromatic rings. The van der Waals surface area contributed by atoms with E-state index >= 15 is 0 Å². The Balaban J connectivity index is 2.19. The van der Waals surface area contributed by atoms with Crippen LogP contribution in [0.1, 0.15) is 12.5 Å². The van der Waals surface area contributed by atoms with Gasteiger partial charge in [0.05, 0.1) is 8.48 Å². The number of hydrogen-bond acceptors (Lipinski definition) is 5. The van der Waals surface area contributed by atoms with Gasteiger partial charge in [-0.1, -0.05) is 6.07 Å². The first kappa shape index (κ1) is 16.8. The molecule has 0 atom stereocenters. The highest BCUT2D eigenvalue weighted by Crippen LogP contribution is 2.32. The molecule has 6 nitrogen and oxygen atoms in total. The van der Waals surface area contributed by atoms with Crippen molar-refractivity contribution in [3.63, 3.8) is 0 Å². The van der Waals surface area contributed by atoms with Crippen molar-refractivity contribution in [1.29, 1.82) is 0 Å². The maximum Gasteiger partial charge on any atom is 0.341 e. The van der Waals surface area contributed by atoms with Crippen LogP contribution in [0.15, 0.2) is 23.1 Å². The second kappa shape index (κ2) is 7.14. The molecule has 1 aliphatic heterocycles. The Morgan fingerprint density at radius 1 is 1.45 bits per heavy atom. The number of carboxylic acid groups (broad SMARTS) is 1. The molecule has 0 radical (unpaired) electrons. The highest BCUT2D eigenvalue weighted by atomic mass is 127. The van der Waals surface area contributed by atoms with Gasteiger partial charge < -0.3 is 9.84 Å². The molecule has 1 N–H and O–H groups in total. The number of ether oxygens (including phenoxy) is 1. The smallest absolute Gasteiger partial charge is 0.341 e. The Morgan fingerprint density at radius 3 is 2.73 bits per heavy atom. The van der Waals surface area contributed by atoms with Crippen LogP contribution in [0.3, 0.4) is 0 Å². The molecule has 8 heteroatoms. The number of imide groups is 1. The first-order chi connectivity index (χ1) is 10.4. The normalized spacial score (nSPS) is 16.5. The van der Waals surface area contributed by atoms with Crippen LogP contribution in [0.4, 0.5) is 4.79 Å². The SMILES string of the molecule is CCN1C(=O)S/C(=C/c2ccc(OCC(=O)O)c(I)c2)C1=O. The molecule has 0 spiro atoms. The summed E-state index contributed by atoms with van der Waals surface area (Å²) in [6.07, 6.45) is 1.64. The lowest BCUT2D eigenvalue weighted by Crippen LogP contribution is -2.27. The second-order valence-electron chi connectivity index (χ2n) is 4.30. The molecule has 0 aliphatic carbocycles. The predicted molar refractivity (Wildman–Crippen MR) is 90.6 cm³/mol. The number of hydrogen-bond donors (Lipinski definition) is 1. The number of aliphatic carboxylic acids is 1. The van der Waals surface area contributed by atoms with Crippen LogP contribution < -0.4 is 4.74 Å². The number of thioether (sulfide) groups is 1. The van der Waals surface area contributed by atoms with Crippen molar-refractivity contribution in [2.24, 2.45) is 0 Å². The Morgan fingerprint density at radius 2 is 2.18 bits per heavy atom. The summed E-state index contributed by atoms with van der Waals surface area (Å²) in [7, 11) is 0. The summed E-state index contributed by atoms with van der Waals surface area (Å²) in [5, 5.41) is 8.33. The first-order valence-electron chi connectivity index (χ1n) is 6.32. The van der Waals surface area contributed by atoms with Gasteiger partial charge in [-0.2, -0.15) is 0 Å². The van der Waals surface area contributed by atoms with Crippen LogP contribution >= 0.6 is 34.4 Å². The molecule has 2 amide bonds. The van der Waals surface area contributed by atoms with Gasteiger partial charge in [-0.3, -0.25) is 14.5 Å². The summed E-state index contributed by atoms with van der Waals surface area (Å²) in [5.74, 6) is -0.881. The number of rotatable bonds is 5. The van der Waals surface area contributed by atoms with E-state index in [-0.39, 0.29) is 11.1 Å².